The van der Waals surface area contributed by atoms with E-state index < -0.39 is 5.97 Å². The molecule has 0 bridgehead atoms. The van der Waals surface area contributed by atoms with Crippen LogP contribution in [0.3, 0.4) is 0 Å². The van der Waals surface area contributed by atoms with Gasteiger partial charge in [0, 0.05) is 24.6 Å². The fourth-order valence-electron chi connectivity index (χ4n) is 3.90. The monoisotopic (exact) mass is 387 g/mol. The van der Waals surface area contributed by atoms with Crippen LogP contribution in [0.1, 0.15) is 37.7 Å². The molecule has 0 saturated carbocycles. The van der Waals surface area contributed by atoms with E-state index in [-0.39, 0.29) is 24.3 Å². The standard InChI is InChI=1S/C19H21N3O4S/c1-11-18(19(24)25-2)14(12-5-6-15-16(8-12)21-27-20-15)9-17(23)22(11)10-13-4-3-7-26-13/h5-6,8,13-14H,3-4,7,9-10H2,1-2H3. The molecule has 7 nitrogen and oxygen atoms in total. The summed E-state index contributed by atoms with van der Waals surface area (Å²) in [4.78, 5) is 27.2. The largest absolute Gasteiger partial charge is 0.466 e. The average Bonchev–Trinajstić information content (AvgIpc) is 3.35. The molecule has 0 aliphatic carbocycles. The third-order valence-corrected chi connectivity index (χ3v) is 5.88. The van der Waals surface area contributed by atoms with Gasteiger partial charge in [-0.1, -0.05) is 6.07 Å². The van der Waals surface area contributed by atoms with Gasteiger partial charge in [0.25, 0.3) is 0 Å². The maximum Gasteiger partial charge on any atom is 0.336 e. The van der Waals surface area contributed by atoms with Crippen molar-refractivity contribution < 1.29 is 19.1 Å². The summed E-state index contributed by atoms with van der Waals surface area (Å²) in [6, 6.07) is 5.69. The maximum absolute atomic E-state index is 12.9. The predicted octanol–water partition coefficient (Wildman–Crippen LogP) is 2.63. The highest BCUT2D eigenvalue weighted by molar-refractivity contribution is 7.00. The summed E-state index contributed by atoms with van der Waals surface area (Å²) in [6.45, 7) is 3.02. The summed E-state index contributed by atoms with van der Waals surface area (Å²) in [6.07, 6.45) is 2.18. The number of aromatic nitrogens is 2. The zero-order chi connectivity index (χ0) is 19.0. The van der Waals surface area contributed by atoms with Gasteiger partial charge in [0.15, 0.2) is 0 Å². The Labute approximate surface area is 161 Å². The van der Waals surface area contributed by atoms with E-state index in [1.54, 1.807) is 4.90 Å². The van der Waals surface area contributed by atoms with E-state index >= 15 is 0 Å². The van der Waals surface area contributed by atoms with Gasteiger partial charge in [-0.05, 0) is 37.5 Å². The Morgan fingerprint density at radius 2 is 2.19 bits per heavy atom. The van der Waals surface area contributed by atoms with Gasteiger partial charge < -0.3 is 14.4 Å². The molecule has 2 aliphatic heterocycles. The molecule has 27 heavy (non-hydrogen) atoms. The van der Waals surface area contributed by atoms with Crippen molar-refractivity contribution >= 4 is 34.6 Å². The highest BCUT2D eigenvalue weighted by Crippen LogP contribution is 2.38. The van der Waals surface area contributed by atoms with E-state index in [1.807, 2.05) is 25.1 Å². The molecule has 1 aromatic carbocycles. The van der Waals surface area contributed by atoms with E-state index in [9.17, 15) is 9.59 Å². The number of amides is 1. The number of allylic oxidation sites excluding steroid dienone is 1. The van der Waals surface area contributed by atoms with Crippen LogP contribution in [-0.2, 0) is 19.1 Å². The van der Waals surface area contributed by atoms with Crippen molar-refractivity contribution in [3.8, 4) is 0 Å². The van der Waals surface area contributed by atoms with E-state index in [2.05, 4.69) is 8.75 Å². The molecule has 4 rings (SSSR count). The second kappa shape index (κ2) is 7.36. The third kappa shape index (κ3) is 3.35. The van der Waals surface area contributed by atoms with Crippen LogP contribution < -0.4 is 0 Å². The Balaban J connectivity index is 1.73. The number of nitrogens with zero attached hydrogens (tertiary/aromatic N) is 3. The first-order valence-electron chi connectivity index (χ1n) is 9.01. The molecule has 1 fully saturated rings. The molecular formula is C19H21N3O4S. The van der Waals surface area contributed by atoms with Crippen molar-refractivity contribution in [3.05, 3.63) is 35.0 Å². The van der Waals surface area contributed by atoms with Crippen LogP contribution in [0.5, 0.6) is 0 Å². The third-order valence-electron chi connectivity index (χ3n) is 5.32. The van der Waals surface area contributed by atoms with Crippen LogP contribution in [0.4, 0.5) is 0 Å². The molecule has 1 aromatic heterocycles. The number of fused-ring (bicyclic) bond motifs is 1. The van der Waals surface area contributed by atoms with Crippen LogP contribution in [0.2, 0.25) is 0 Å². The van der Waals surface area contributed by atoms with Gasteiger partial charge in [-0.2, -0.15) is 8.75 Å². The molecule has 0 spiro atoms. The zero-order valence-electron chi connectivity index (χ0n) is 15.3. The van der Waals surface area contributed by atoms with Gasteiger partial charge in [0.1, 0.15) is 11.0 Å². The Kier molecular flexibility index (Phi) is 4.92. The molecule has 1 saturated heterocycles. The Hall–Kier alpha value is -2.32. The van der Waals surface area contributed by atoms with Crippen molar-refractivity contribution in [2.45, 2.75) is 38.2 Å². The lowest BCUT2D eigenvalue weighted by molar-refractivity contribution is -0.138. The predicted molar refractivity (Wildman–Crippen MR) is 100 cm³/mol. The minimum absolute atomic E-state index is 0.00264. The number of hydrogen-bond donors (Lipinski definition) is 0. The summed E-state index contributed by atoms with van der Waals surface area (Å²) < 4.78 is 19.2. The van der Waals surface area contributed by atoms with E-state index in [4.69, 9.17) is 9.47 Å². The smallest absolute Gasteiger partial charge is 0.336 e. The average molecular weight is 387 g/mol. The Morgan fingerprint density at radius 1 is 1.37 bits per heavy atom. The van der Waals surface area contributed by atoms with Crippen molar-refractivity contribution in [1.29, 1.82) is 0 Å². The molecule has 8 heteroatoms. The fourth-order valence-corrected chi connectivity index (χ4v) is 4.42. The first kappa shape index (κ1) is 18.1. The van der Waals surface area contributed by atoms with Gasteiger partial charge in [-0.25, -0.2) is 4.79 Å². The minimum Gasteiger partial charge on any atom is -0.466 e. The quantitative estimate of drug-likeness (QED) is 0.750. The number of carbonyl (C=O) groups excluding carboxylic acids is 2. The first-order valence-corrected chi connectivity index (χ1v) is 9.74. The zero-order valence-corrected chi connectivity index (χ0v) is 16.1. The van der Waals surface area contributed by atoms with Gasteiger partial charge in [0.2, 0.25) is 5.91 Å². The van der Waals surface area contributed by atoms with Crippen molar-refractivity contribution in [2.24, 2.45) is 0 Å². The fraction of sp³-hybridized carbons (Fsp3) is 0.474. The van der Waals surface area contributed by atoms with Crippen LogP contribution in [0.15, 0.2) is 29.5 Å². The van der Waals surface area contributed by atoms with E-state index in [0.717, 1.165) is 47.8 Å². The van der Waals surface area contributed by atoms with Gasteiger partial charge in [0.05, 0.1) is 37.1 Å². The lowest BCUT2D eigenvalue weighted by atomic mass is 9.83. The summed E-state index contributed by atoms with van der Waals surface area (Å²) in [5.41, 5.74) is 3.63. The Bertz CT molecular complexity index is 917. The Morgan fingerprint density at radius 3 is 2.93 bits per heavy atom. The molecule has 3 heterocycles. The molecule has 2 unspecified atom stereocenters. The number of esters is 1. The number of hydrogen-bond acceptors (Lipinski definition) is 7. The van der Waals surface area contributed by atoms with Crippen molar-refractivity contribution in [3.63, 3.8) is 0 Å². The molecule has 2 aliphatic rings. The molecule has 0 radical (unpaired) electrons. The van der Waals surface area contributed by atoms with Gasteiger partial charge in [-0.15, -0.1) is 0 Å². The summed E-state index contributed by atoms with van der Waals surface area (Å²) >= 11 is 1.15. The molecule has 1 amide bonds. The molecule has 2 atom stereocenters. The number of ether oxygens (including phenoxy) is 2. The van der Waals surface area contributed by atoms with E-state index in [0.29, 0.717) is 17.8 Å². The summed E-state index contributed by atoms with van der Waals surface area (Å²) in [5.74, 6) is -0.757. The van der Waals surface area contributed by atoms with Crippen LogP contribution in [0, 0.1) is 0 Å². The summed E-state index contributed by atoms with van der Waals surface area (Å²) in [5, 5.41) is 0. The topological polar surface area (TPSA) is 81.6 Å². The minimum atomic E-state index is -0.404. The van der Waals surface area contributed by atoms with Gasteiger partial charge in [-0.3, -0.25) is 4.79 Å². The number of benzene rings is 1. The lowest BCUT2D eigenvalue weighted by Gasteiger charge is -2.35. The number of methoxy groups -OCH3 is 1. The van der Waals surface area contributed by atoms with Crippen LogP contribution >= 0.6 is 11.7 Å². The highest BCUT2D eigenvalue weighted by Gasteiger charge is 2.38. The van der Waals surface area contributed by atoms with Crippen LogP contribution in [-0.4, -0.2) is 51.9 Å². The van der Waals surface area contributed by atoms with Crippen molar-refractivity contribution in [1.82, 2.24) is 13.6 Å². The second-order valence-corrected chi connectivity index (χ2v) is 7.43. The normalized spacial score (nSPS) is 23.3. The first-order chi connectivity index (χ1) is 13.1. The summed E-state index contributed by atoms with van der Waals surface area (Å²) in [7, 11) is 1.37. The molecule has 0 N–H and O–H groups in total. The van der Waals surface area contributed by atoms with Gasteiger partial charge >= 0.3 is 5.97 Å². The molecule has 142 valence electrons. The molecule has 2 aromatic rings. The second-order valence-electron chi connectivity index (χ2n) is 6.90. The van der Waals surface area contributed by atoms with Crippen molar-refractivity contribution in [2.75, 3.05) is 20.3 Å². The SMILES string of the molecule is COC(=O)C1=C(C)N(CC2CCCO2)C(=O)CC1c1ccc2nsnc2c1. The highest BCUT2D eigenvalue weighted by atomic mass is 32.1. The lowest BCUT2D eigenvalue weighted by Crippen LogP contribution is -2.42. The van der Waals surface area contributed by atoms with E-state index in [1.165, 1.54) is 7.11 Å². The molecular weight excluding hydrogens is 366 g/mol. The number of rotatable bonds is 4. The maximum atomic E-state index is 12.9. The number of carbonyl (C=O) groups is 2. The van der Waals surface area contributed by atoms with Crippen LogP contribution in [0.25, 0.3) is 11.0 Å².